The molecule has 4 aliphatic rings. The van der Waals surface area contributed by atoms with Gasteiger partial charge in [-0.2, -0.15) is 0 Å². The number of likely N-dealkylation sites (tertiary alicyclic amines) is 1. The minimum Gasteiger partial charge on any atom is -0.347 e. The molecule has 0 spiro atoms. The van der Waals surface area contributed by atoms with E-state index in [-0.39, 0.29) is 23.3 Å². The number of rotatable bonds is 14. The summed E-state index contributed by atoms with van der Waals surface area (Å²) in [7, 11) is -0.740. The van der Waals surface area contributed by atoms with Gasteiger partial charge in [0, 0.05) is 26.7 Å². The van der Waals surface area contributed by atoms with Gasteiger partial charge in [0.25, 0.3) is 5.91 Å². The highest BCUT2D eigenvalue weighted by atomic mass is 32.2. The van der Waals surface area contributed by atoms with Crippen molar-refractivity contribution in [2.75, 3.05) is 20.6 Å². The van der Waals surface area contributed by atoms with Gasteiger partial charge in [-0.1, -0.05) is 73.6 Å². The van der Waals surface area contributed by atoms with Gasteiger partial charge >= 0.3 is 6.03 Å². The third-order valence-corrected chi connectivity index (χ3v) is 14.0. The van der Waals surface area contributed by atoms with Gasteiger partial charge < -0.3 is 26.2 Å². The fraction of sp³-hybridized carbons (Fsp3) is 0.857. The van der Waals surface area contributed by atoms with E-state index in [0.717, 1.165) is 38.5 Å². The van der Waals surface area contributed by atoms with Gasteiger partial charge in [-0.05, 0) is 61.7 Å². The van der Waals surface area contributed by atoms with Gasteiger partial charge in [-0.15, -0.1) is 0 Å². The van der Waals surface area contributed by atoms with Crippen LogP contribution in [0.15, 0.2) is 0 Å². The summed E-state index contributed by atoms with van der Waals surface area (Å²) in [4.78, 5) is 69.8. The molecule has 278 valence electrons. The van der Waals surface area contributed by atoms with Crippen molar-refractivity contribution in [3.8, 4) is 0 Å². The van der Waals surface area contributed by atoms with Gasteiger partial charge in [-0.25, -0.2) is 17.5 Å². The van der Waals surface area contributed by atoms with Gasteiger partial charge in [-0.3, -0.25) is 19.2 Å². The van der Waals surface area contributed by atoms with Crippen molar-refractivity contribution in [2.45, 2.75) is 148 Å². The number of fused-ring (bicyclic) bond motifs is 1. The zero-order chi connectivity index (χ0) is 36.7. The van der Waals surface area contributed by atoms with E-state index < -0.39 is 73.9 Å². The molecule has 49 heavy (non-hydrogen) atoms. The van der Waals surface area contributed by atoms with Crippen LogP contribution in [0.25, 0.3) is 0 Å². The van der Waals surface area contributed by atoms with Crippen molar-refractivity contribution in [3.05, 3.63) is 0 Å². The summed E-state index contributed by atoms with van der Waals surface area (Å²) in [5.74, 6) is -2.34. The smallest absolute Gasteiger partial charge is 0.315 e. The highest BCUT2D eigenvalue weighted by Crippen LogP contribution is 2.65. The van der Waals surface area contributed by atoms with E-state index >= 15 is 0 Å². The van der Waals surface area contributed by atoms with Crippen LogP contribution in [0.4, 0.5) is 4.79 Å². The molecule has 0 aromatic rings. The van der Waals surface area contributed by atoms with Crippen LogP contribution in [0.2, 0.25) is 0 Å². The number of urea groups is 1. The van der Waals surface area contributed by atoms with Crippen molar-refractivity contribution in [1.29, 1.82) is 0 Å². The average Bonchev–Trinajstić information content (AvgIpc) is 3.87. The number of amides is 5. The van der Waals surface area contributed by atoms with E-state index in [9.17, 15) is 32.4 Å². The Labute approximate surface area is 292 Å². The van der Waals surface area contributed by atoms with Crippen LogP contribution < -0.4 is 21.3 Å². The average molecular weight is 709 g/mol. The maximum absolute atomic E-state index is 14.5. The Bertz CT molecular complexity index is 1400. The van der Waals surface area contributed by atoms with Crippen molar-refractivity contribution in [2.24, 2.45) is 22.7 Å². The Morgan fingerprint density at radius 1 is 0.980 bits per heavy atom. The SMILES string of the molecule is CCCC[C@H](NC(=O)[C@@H]1[C@@H]2[C@H](CN1C(=O)[C@@H](NC(=O)NC1([C@H](C)S(=O)(=O)N(C)C)CCCCC1)C(C)(C)C)C2(C)C)C(=O)C(=O)NC1CC1. The van der Waals surface area contributed by atoms with Crippen LogP contribution in [0.3, 0.4) is 0 Å². The quantitative estimate of drug-likeness (QED) is 0.201. The molecule has 1 heterocycles. The third kappa shape index (κ3) is 8.26. The summed E-state index contributed by atoms with van der Waals surface area (Å²) in [6.45, 7) is 13.5. The molecule has 13 nitrogen and oxygen atoms in total. The molecule has 4 N–H and O–H groups in total. The normalized spacial score (nSPS) is 26.2. The van der Waals surface area contributed by atoms with E-state index in [1.807, 2.05) is 27.7 Å². The molecular weight excluding hydrogens is 648 g/mol. The Kier molecular flexibility index (Phi) is 11.5. The first-order valence-electron chi connectivity index (χ1n) is 18.1. The lowest BCUT2D eigenvalue weighted by Gasteiger charge is -2.44. The highest BCUT2D eigenvalue weighted by molar-refractivity contribution is 7.89. The Morgan fingerprint density at radius 2 is 1.59 bits per heavy atom. The first-order chi connectivity index (χ1) is 22.7. The molecule has 0 aromatic carbocycles. The van der Waals surface area contributed by atoms with Gasteiger partial charge in [0.15, 0.2) is 0 Å². The Hall–Kier alpha value is -2.74. The molecule has 14 heteroatoms. The fourth-order valence-corrected chi connectivity index (χ4v) is 9.51. The maximum atomic E-state index is 14.5. The van der Waals surface area contributed by atoms with Crippen molar-refractivity contribution in [3.63, 3.8) is 0 Å². The first-order valence-corrected chi connectivity index (χ1v) is 19.6. The summed E-state index contributed by atoms with van der Waals surface area (Å²) in [6.07, 6.45) is 6.85. The third-order valence-electron chi connectivity index (χ3n) is 11.6. The number of carbonyl (C=O) groups excluding carboxylic acids is 5. The molecule has 0 unspecified atom stereocenters. The molecule has 0 bridgehead atoms. The van der Waals surface area contributed by atoms with Gasteiger partial charge in [0.2, 0.25) is 27.6 Å². The van der Waals surface area contributed by atoms with Crippen molar-refractivity contribution >= 4 is 39.6 Å². The second-order valence-electron chi connectivity index (χ2n) is 16.8. The van der Waals surface area contributed by atoms with E-state index in [0.29, 0.717) is 32.2 Å². The minimum absolute atomic E-state index is 0.00238. The molecule has 3 saturated carbocycles. The number of hydrogen-bond donors (Lipinski definition) is 4. The van der Waals surface area contributed by atoms with E-state index in [1.54, 1.807) is 6.92 Å². The molecule has 1 aliphatic heterocycles. The largest absolute Gasteiger partial charge is 0.347 e. The molecule has 3 aliphatic carbocycles. The molecule has 4 fully saturated rings. The Balaban J connectivity index is 1.55. The second-order valence-corrected chi connectivity index (χ2v) is 19.3. The highest BCUT2D eigenvalue weighted by Gasteiger charge is 2.70. The summed E-state index contributed by atoms with van der Waals surface area (Å²) in [5, 5.41) is 10.6. The van der Waals surface area contributed by atoms with E-state index in [1.165, 1.54) is 23.3 Å². The Morgan fingerprint density at radius 3 is 2.12 bits per heavy atom. The van der Waals surface area contributed by atoms with E-state index in [4.69, 9.17) is 0 Å². The number of Topliss-reactive ketones (excluding diaryl/α,β-unsaturated/α-hetero) is 1. The second kappa shape index (κ2) is 14.5. The summed E-state index contributed by atoms with van der Waals surface area (Å²) < 4.78 is 27.7. The topological polar surface area (TPSA) is 174 Å². The number of unbranched alkanes of at least 4 members (excludes halogenated alkanes) is 1. The monoisotopic (exact) mass is 708 g/mol. The summed E-state index contributed by atoms with van der Waals surface area (Å²) >= 11 is 0. The summed E-state index contributed by atoms with van der Waals surface area (Å²) in [6, 6.07) is -3.54. The van der Waals surface area contributed by atoms with Gasteiger partial charge in [0.1, 0.15) is 12.1 Å². The van der Waals surface area contributed by atoms with Crippen LogP contribution in [0, 0.1) is 22.7 Å². The van der Waals surface area contributed by atoms with Crippen LogP contribution >= 0.6 is 0 Å². The van der Waals surface area contributed by atoms with Crippen LogP contribution in [-0.4, -0.2) is 103 Å². The standard InChI is InChI=1S/C35H60N6O7S/c1-10-11-15-24(27(42)30(44)36-22-16-17-22)37-29(43)26-25-23(34(25,6)7)20-41(26)31(45)28(33(3,4)5)38-32(46)39-35(18-13-12-14-19-35)21(2)49(47,48)40(8)9/h21-26,28H,10-20H2,1-9H3,(H,36,44)(H,37,43)(H2,38,39,46)/t21-,23-,24-,25-,26-,28+/m0/s1. The molecular formula is C35H60N6O7S. The number of carbonyl (C=O) groups is 5. The molecule has 1 saturated heterocycles. The minimum atomic E-state index is -3.70. The van der Waals surface area contributed by atoms with Crippen molar-refractivity contribution in [1.82, 2.24) is 30.5 Å². The lowest BCUT2D eigenvalue weighted by molar-refractivity contribution is -0.145. The zero-order valence-electron chi connectivity index (χ0n) is 31.0. The molecule has 6 atom stereocenters. The number of ketones is 1. The van der Waals surface area contributed by atoms with E-state index in [2.05, 4.69) is 35.1 Å². The number of piperidine rings is 1. The van der Waals surface area contributed by atoms with Crippen molar-refractivity contribution < 1.29 is 32.4 Å². The number of sulfonamides is 1. The fourth-order valence-electron chi connectivity index (χ4n) is 8.01. The van der Waals surface area contributed by atoms with Crippen LogP contribution in [0.5, 0.6) is 0 Å². The molecule has 5 amide bonds. The molecule has 0 aromatic heterocycles. The molecule has 4 rings (SSSR count). The number of hydrogen-bond acceptors (Lipinski definition) is 7. The van der Waals surface area contributed by atoms with Gasteiger partial charge in [0.05, 0.1) is 16.8 Å². The first kappa shape index (κ1) is 39.1. The van der Waals surface area contributed by atoms with Crippen LogP contribution in [-0.2, 0) is 29.2 Å². The zero-order valence-corrected chi connectivity index (χ0v) is 31.8. The van der Waals surface area contributed by atoms with Crippen LogP contribution in [0.1, 0.15) is 113 Å². The summed E-state index contributed by atoms with van der Waals surface area (Å²) in [5.41, 5.74) is -1.97. The molecule has 0 radical (unpaired) electrons. The lowest BCUT2D eigenvalue weighted by atomic mass is 9.79. The number of nitrogens with one attached hydrogen (secondary N) is 4. The number of nitrogens with zero attached hydrogens (tertiary/aromatic N) is 2. The predicted molar refractivity (Wildman–Crippen MR) is 187 cm³/mol. The lowest BCUT2D eigenvalue weighted by Crippen LogP contribution is -2.65. The maximum Gasteiger partial charge on any atom is 0.315 e. The predicted octanol–water partition coefficient (Wildman–Crippen LogP) is 2.69.